The lowest BCUT2D eigenvalue weighted by Gasteiger charge is -2.32. The number of hydrogen-bond acceptors (Lipinski definition) is 6. The normalized spacial score (nSPS) is 15.7. The molecule has 1 aliphatic heterocycles. The zero-order valence-corrected chi connectivity index (χ0v) is 16.6. The third-order valence-electron chi connectivity index (χ3n) is 4.98. The molecule has 1 aromatic carbocycles. The Morgan fingerprint density at radius 3 is 2.67 bits per heavy atom. The van der Waals surface area contributed by atoms with Gasteiger partial charge in [-0.3, -0.25) is 4.98 Å². The van der Waals surface area contributed by atoms with E-state index in [2.05, 4.69) is 19.6 Å². The number of aromatic nitrogens is 2. The SMILES string of the molecule is CCc1ccc(OC)c(S(=O)(=O)NCC2CCN(c3cnccn3)CC2)c1. The Bertz CT molecular complexity index is 851. The van der Waals surface area contributed by atoms with Crippen LogP contribution in [0.15, 0.2) is 41.7 Å². The Morgan fingerprint density at radius 2 is 2.04 bits per heavy atom. The number of nitrogens with one attached hydrogen (secondary N) is 1. The molecule has 0 unspecified atom stereocenters. The van der Waals surface area contributed by atoms with Gasteiger partial charge in [-0.05, 0) is 42.9 Å². The highest BCUT2D eigenvalue weighted by atomic mass is 32.2. The predicted molar refractivity (Wildman–Crippen MR) is 105 cm³/mol. The molecular formula is C19H26N4O3S. The standard InChI is InChI=1S/C19H26N4O3S/c1-3-15-4-5-17(26-2)18(12-15)27(24,25)22-13-16-6-10-23(11-7-16)19-14-20-8-9-21-19/h4-5,8-9,12,14,16,22H,3,6-7,10-11,13H2,1-2H3. The molecule has 1 aromatic heterocycles. The van der Waals surface area contributed by atoms with Gasteiger partial charge in [0.15, 0.2) is 0 Å². The fourth-order valence-electron chi connectivity index (χ4n) is 3.28. The summed E-state index contributed by atoms with van der Waals surface area (Å²) >= 11 is 0. The van der Waals surface area contributed by atoms with Crippen molar-refractivity contribution in [1.82, 2.24) is 14.7 Å². The molecule has 7 nitrogen and oxygen atoms in total. The Balaban J connectivity index is 1.60. The van der Waals surface area contributed by atoms with Gasteiger partial charge in [0.05, 0.1) is 13.3 Å². The number of anilines is 1. The Hall–Kier alpha value is -2.19. The summed E-state index contributed by atoms with van der Waals surface area (Å²) in [7, 11) is -2.12. The number of aryl methyl sites for hydroxylation is 1. The molecular weight excluding hydrogens is 364 g/mol. The summed E-state index contributed by atoms with van der Waals surface area (Å²) in [4.78, 5) is 10.8. The summed E-state index contributed by atoms with van der Waals surface area (Å²) in [5.41, 5.74) is 0.966. The molecule has 1 fully saturated rings. The van der Waals surface area contributed by atoms with Crippen LogP contribution < -0.4 is 14.4 Å². The molecule has 8 heteroatoms. The van der Waals surface area contributed by atoms with E-state index in [0.29, 0.717) is 18.2 Å². The highest BCUT2D eigenvalue weighted by Crippen LogP contribution is 2.26. The van der Waals surface area contributed by atoms with Crippen molar-refractivity contribution in [2.24, 2.45) is 5.92 Å². The molecule has 0 spiro atoms. The van der Waals surface area contributed by atoms with Crippen LogP contribution >= 0.6 is 0 Å². The predicted octanol–water partition coefficient (Wildman–Crippen LogP) is 2.24. The number of piperidine rings is 1. The molecule has 0 bridgehead atoms. The first-order chi connectivity index (χ1) is 13.0. The third-order valence-corrected chi connectivity index (χ3v) is 6.42. The zero-order chi connectivity index (χ0) is 19.3. The highest BCUT2D eigenvalue weighted by molar-refractivity contribution is 7.89. The summed E-state index contributed by atoms with van der Waals surface area (Å²) < 4.78 is 33.6. The molecule has 146 valence electrons. The molecule has 0 radical (unpaired) electrons. The average molecular weight is 391 g/mol. The number of ether oxygens (including phenoxy) is 1. The van der Waals surface area contributed by atoms with Crippen LogP contribution in [0.2, 0.25) is 0 Å². The lowest BCUT2D eigenvalue weighted by atomic mass is 9.97. The number of methoxy groups -OCH3 is 1. The van der Waals surface area contributed by atoms with Crippen LogP contribution in [0.5, 0.6) is 5.75 Å². The van der Waals surface area contributed by atoms with Gasteiger partial charge in [0.1, 0.15) is 16.5 Å². The van der Waals surface area contributed by atoms with E-state index < -0.39 is 10.0 Å². The van der Waals surface area contributed by atoms with E-state index in [1.807, 2.05) is 13.0 Å². The van der Waals surface area contributed by atoms with E-state index in [1.165, 1.54) is 7.11 Å². The van der Waals surface area contributed by atoms with Crippen molar-refractivity contribution in [3.63, 3.8) is 0 Å². The fourth-order valence-corrected chi connectivity index (χ4v) is 4.61. The minimum Gasteiger partial charge on any atom is -0.495 e. The third kappa shape index (κ3) is 4.75. The lowest BCUT2D eigenvalue weighted by Crippen LogP contribution is -2.39. The van der Waals surface area contributed by atoms with Crippen molar-refractivity contribution < 1.29 is 13.2 Å². The van der Waals surface area contributed by atoms with Crippen LogP contribution in [-0.2, 0) is 16.4 Å². The summed E-state index contributed by atoms with van der Waals surface area (Å²) in [6.07, 6.45) is 7.69. The molecule has 2 heterocycles. The smallest absolute Gasteiger partial charge is 0.244 e. The minimum absolute atomic E-state index is 0.210. The van der Waals surface area contributed by atoms with Crippen molar-refractivity contribution in [3.05, 3.63) is 42.4 Å². The number of sulfonamides is 1. The van der Waals surface area contributed by atoms with E-state index in [1.54, 1.807) is 30.7 Å². The fraction of sp³-hybridized carbons (Fsp3) is 0.474. The molecule has 3 rings (SSSR count). The Morgan fingerprint density at radius 1 is 1.26 bits per heavy atom. The second kappa shape index (κ2) is 8.67. The van der Waals surface area contributed by atoms with Crippen molar-refractivity contribution >= 4 is 15.8 Å². The van der Waals surface area contributed by atoms with Gasteiger partial charge in [-0.2, -0.15) is 0 Å². The molecule has 0 saturated carbocycles. The number of rotatable bonds is 7. The molecule has 0 atom stereocenters. The zero-order valence-electron chi connectivity index (χ0n) is 15.8. The monoisotopic (exact) mass is 390 g/mol. The maximum Gasteiger partial charge on any atom is 0.244 e. The van der Waals surface area contributed by atoms with Crippen molar-refractivity contribution in [2.45, 2.75) is 31.1 Å². The quantitative estimate of drug-likeness (QED) is 0.781. The van der Waals surface area contributed by atoms with E-state index >= 15 is 0 Å². The number of nitrogens with zero attached hydrogens (tertiary/aromatic N) is 3. The summed E-state index contributed by atoms with van der Waals surface area (Å²) in [5, 5.41) is 0. The minimum atomic E-state index is -3.61. The average Bonchev–Trinajstić information content (AvgIpc) is 2.73. The summed E-state index contributed by atoms with van der Waals surface area (Å²) in [6.45, 7) is 4.12. The van der Waals surface area contributed by atoms with E-state index in [0.717, 1.165) is 43.7 Å². The maximum absolute atomic E-state index is 12.8. The van der Waals surface area contributed by atoms with Gasteiger partial charge in [0, 0.05) is 32.0 Å². The largest absolute Gasteiger partial charge is 0.495 e. The molecule has 0 amide bonds. The molecule has 27 heavy (non-hydrogen) atoms. The number of hydrogen-bond donors (Lipinski definition) is 1. The van der Waals surface area contributed by atoms with Crippen molar-refractivity contribution in [3.8, 4) is 5.75 Å². The van der Waals surface area contributed by atoms with Crippen LogP contribution in [0.3, 0.4) is 0 Å². The van der Waals surface area contributed by atoms with Crippen LogP contribution in [0.4, 0.5) is 5.82 Å². The summed E-state index contributed by atoms with van der Waals surface area (Å²) in [5.74, 6) is 1.54. The van der Waals surface area contributed by atoms with Gasteiger partial charge >= 0.3 is 0 Å². The van der Waals surface area contributed by atoms with Gasteiger partial charge in [0.25, 0.3) is 0 Å². The second-order valence-corrected chi connectivity index (χ2v) is 8.42. The maximum atomic E-state index is 12.8. The van der Waals surface area contributed by atoms with Gasteiger partial charge in [-0.1, -0.05) is 13.0 Å². The second-order valence-electron chi connectivity index (χ2n) is 6.68. The van der Waals surface area contributed by atoms with Crippen molar-refractivity contribution in [2.75, 3.05) is 31.6 Å². The van der Waals surface area contributed by atoms with Crippen molar-refractivity contribution in [1.29, 1.82) is 0 Å². The van der Waals surface area contributed by atoms with Crippen LogP contribution in [0.25, 0.3) is 0 Å². The topological polar surface area (TPSA) is 84.4 Å². The van der Waals surface area contributed by atoms with E-state index in [-0.39, 0.29) is 4.90 Å². The van der Waals surface area contributed by atoms with Crippen LogP contribution in [-0.4, -0.2) is 45.1 Å². The van der Waals surface area contributed by atoms with Gasteiger partial charge < -0.3 is 9.64 Å². The highest BCUT2D eigenvalue weighted by Gasteiger charge is 2.24. The van der Waals surface area contributed by atoms with E-state index in [4.69, 9.17) is 4.74 Å². The molecule has 1 saturated heterocycles. The van der Waals surface area contributed by atoms with Gasteiger partial charge in [0.2, 0.25) is 10.0 Å². The molecule has 0 aliphatic carbocycles. The summed E-state index contributed by atoms with van der Waals surface area (Å²) in [6, 6.07) is 5.30. The molecule has 1 aliphatic rings. The van der Waals surface area contributed by atoms with Crippen LogP contribution in [0.1, 0.15) is 25.3 Å². The Kier molecular flexibility index (Phi) is 6.28. The Labute approximate surface area is 160 Å². The first-order valence-electron chi connectivity index (χ1n) is 9.21. The first kappa shape index (κ1) is 19.6. The number of benzene rings is 1. The molecule has 1 N–H and O–H groups in total. The van der Waals surface area contributed by atoms with Gasteiger partial charge in [-0.25, -0.2) is 18.1 Å². The van der Waals surface area contributed by atoms with Gasteiger partial charge in [-0.15, -0.1) is 0 Å². The van der Waals surface area contributed by atoms with E-state index in [9.17, 15) is 8.42 Å². The van der Waals surface area contributed by atoms with Crippen LogP contribution in [0, 0.1) is 5.92 Å². The first-order valence-corrected chi connectivity index (χ1v) is 10.7. The molecule has 2 aromatic rings. The lowest BCUT2D eigenvalue weighted by molar-refractivity contribution is 0.395.